The van der Waals surface area contributed by atoms with Gasteiger partial charge in [-0.3, -0.25) is 0 Å². The highest BCUT2D eigenvalue weighted by molar-refractivity contribution is 7.80. The Balaban J connectivity index is 2.02. The van der Waals surface area contributed by atoms with Crippen LogP contribution < -0.4 is 0 Å². The van der Waals surface area contributed by atoms with E-state index in [0.29, 0.717) is 0 Å². The highest BCUT2D eigenvalue weighted by Crippen LogP contribution is 2.12. The second-order valence-corrected chi connectivity index (χ2v) is 4.16. The van der Waals surface area contributed by atoms with Crippen LogP contribution in [-0.2, 0) is 6.54 Å². The second kappa shape index (κ2) is 5.21. The van der Waals surface area contributed by atoms with Crippen LogP contribution in [0.5, 0.6) is 0 Å². The van der Waals surface area contributed by atoms with E-state index in [4.69, 9.17) is 0 Å². The zero-order valence-corrected chi connectivity index (χ0v) is 9.66. The van der Waals surface area contributed by atoms with Gasteiger partial charge in [-0.15, -0.1) is 0 Å². The lowest BCUT2D eigenvalue weighted by molar-refractivity contribution is 0.616. The molecule has 0 radical (unpaired) electrons. The number of fused-ring (bicyclic) bond motifs is 1. The number of aromatic nitrogens is 2. The number of rotatable bonds is 5. The van der Waals surface area contributed by atoms with Crippen molar-refractivity contribution in [1.82, 2.24) is 9.55 Å². The first-order valence-electron chi connectivity index (χ1n) is 5.42. The summed E-state index contributed by atoms with van der Waals surface area (Å²) in [7, 11) is 0. The van der Waals surface area contributed by atoms with Crippen LogP contribution in [0.4, 0.5) is 0 Å². The molecule has 0 unspecified atom stereocenters. The molecule has 0 bridgehead atoms. The molecule has 0 fully saturated rings. The first kappa shape index (κ1) is 10.6. The van der Waals surface area contributed by atoms with Gasteiger partial charge in [-0.25, -0.2) is 4.98 Å². The molecule has 1 aromatic heterocycles. The van der Waals surface area contributed by atoms with Crippen LogP contribution in [0, 0.1) is 0 Å². The van der Waals surface area contributed by atoms with Crippen molar-refractivity contribution in [3.63, 3.8) is 0 Å². The fourth-order valence-electron chi connectivity index (χ4n) is 1.76. The van der Waals surface area contributed by atoms with Crippen LogP contribution in [0.1, 0.15) is 19.3 Å². The van der Waals surface area contributed by atoms with E-state index in [1.54, 1.807) is 0 Å². The van der Waals surface area contributed by atoms with Crippen molar-refractivity contribution in [2.75, 3.05) is 5.75 Å². The molecule has 80 valence electrons. The first-order valence-corrected chi connectivity index (χ1v) is 6.06. The summed E-state index contributed by atoms with van der Waals surface area (Å²) in [5.41, 5.74) is 2.33. The number of imidazole rings is 1. The van der Waals surface area contributed by atoms with Crippen LogP contribution in [-0.4, -0.2) is 15.3 Å². The molecule has 0 atom stereocenters. The summed E-state index contributed by atoms with van der Waals surface area (Å²) in [5.74, 6) is 0.991. The van der Waals surface area contributed by atoms with Gasteiger partial charge in [-0.1, -0.05) is 18.6 Å². The molecule has 0 aliphatic heterocycles. The molecule has 3 heteroatoms. The van der Waals surface area contributed by atoms with E-state index in [2.05, 4.69) is 40.4 Å². The van der Waals surface area contributed by atoms with E-state index in [0.717, 1.165) is 17.8 Å². The molecule has 1 heterocycles. The summed E-state index contributed by atoms with van der Waals surface area (Å²) >= 11 is 4.21. The molecule has 0 aliphatic rings. The average molecular weight is 220 g/mol. The Labute approximate surface area is 95.7 Å². The third-order valence-corrected chi connectivity index (χ3v) is 2.90. The van der Waals surface area contributed by atoms with Crippen LogP contribution >= 0.6 is 12.6 Å². The quantitative estimate of drug-likeness (QED) is 0.605. The van der Waals surface area contributed by atoms with E-state index in [1.165, 1.54) is 24.8 Å². The van der Waals surface area contributed by atoms with Crippen LogP contribution in [0.25, 0.3) is 11.0 Å². The molecular weight excluding hydrogens is 204 g/mol. The summed E-state index contributed by atoms with van der Waals surface area (Å²) in [6, 6.07) is 8.27. The number of thiol groups is 1. The van der Waals surface area contributed by atoms with E-state index in [9.17, 15) is 0 Å². The predicted octanol–water partition coefficient (Wildman–Crippen LogP) is 3.14. The third kappa shape index (κ3) is 2.53. The zero-order chi connectivity index (χ0) is 10.5. The molecule has 0 saturated carbocycles. The largest absolute Gasteiger partial charge is 0.331 e. The zero-order valence-electron chi connectivity index (χ0n) is 8.76. The Morgan fingerprint density at radius 2 is 2.00 bits per heavy atom. The minimum Gasteiger partial charge on any atom is -0.331 e. The van der Waals surface area contributed by atoms with Gasteiger partial charge in [-0.05, 0) is 30.7 Å². The van der Waals surface area contributed by atoms with Gasteiger partial charge in [0.1, 0.15) is 0 Å². The van der Waals surface area contributed by atoms with E-state index >= 15 is 0 Å². The number of benzene rings is 1. The molecule has 0 N–H and O–H groups in total. The number of nitrogens with zero attached hydrogens (tertiary/aromatic N) is 2. The number of para-hydroxylation sites is 2. The predicted molar refractivity (Wildman–Crippen MR) is 67.4 cm³/mol. The van der Waals surface area contributed by atoms with E-state index < -0.39 is 0 Å². The Bertz CT molecular complexity index is 422. The lowest BCUT2D eigenvalue weighted by Gasteiger charge is -2.03. The smallest absolute Gasteiger partial charge is 0.0958 e. The van der Waals surface area contributed by atoms with Crippen molar-refractivity contribution < 1.29 is 0 Å². The van der Waals surface area contributed by atoms with Gasteiger partial charge < -0.3 is 4.57 Å². The molecule has 0 saturated heterocycles. The Morgan fingerprint density at radius 3 is 2.87 bits per heavy atom. The minimum atomic E-state index is 0.991. The fourth-order valence-corrected chi connectivity index (χ4v) is 1.98. The van der Waals surface area contributed by atoms with Gasteiger partial charge in [0.2, 0.25) is 0 Å². The summed E-state index contributed by atoms with van der Waals surface area (Å²) < 4.78 is 2.23. The van der Waals surface area contributed by atoms with Crippen molar-refractivity contribution >= 4 is 23.7 Å². The maximum absolute atomic E-state index is 4.37. The van der Waals surface area contributed by atoms with Crippen LogP contribution in [0.3, 0.4) is 0 Å². The summed E-state index contributed by atoms with van der Waals surface area (Å²) in [6.07, 6.45) is 5.60. The summed E-state index contributed by atoms with van der Waals surface area (Å²) in [5, 5.41) is 0. The van der Waals surface area contributed by atoms with Gasteiger partial charge in [0.25, 0.3) is 0 Å². The molecule has 0 spiro atoms. The molecule has 15 heavy (non-hydrogen) atoms. The van der Waals surface area contributed by atoms with Crippen molar-refractivity contribution in [3.8, 4) is 0 Å². The van der Waals surface area contributed by atoms with Crippen LogP contribution in [0.2, 0.25) is 0 Å². The number of hydrogen-bond donors (Lipinski definition) is 1. The summed E-state index contributed by atoms with van der Waals surface area (Å²) in [4.78, 5) is 4.37. The monoisotopic (exact) mass is 220 g/mol. The number of unbranched alkanes of at least 4 members (excludes halogenated alkanes) is 2. The van der Waals surface area contributed by atoms with Gasteiger partial charge in [0, 0.05) is 6.54 Å². The Morgan fingerprint density at radius 1 is 1.13 bits per heavy atom. The van der Waals surface area contributed by atoms with Crippen molar-refractivity contribution in [2.24, 2.45) is 0 Å². The van der Waals surface area contributed by atoms with Gasteiger partial charge in [-0.2, -0.15) is 12.6 Å². The Hall–Kier alpha value is -0.960. The van der Waals surface area contributed by atoms with Gasteiger partial charge >= 0.3 is 0 Å². The Kier molecular flexibility index (Phi) is 3.67. The van der Waals surface area contributed by atoms with E-state index in [1.807, 2.05) is 12.4 Å². The van der Waals surface area contributed by atoms with Gasteiger partial charge in [0.15, 0.2) is 0 Å². The summed E-state index contributed by atoms with van der Waals surface area (Å²) in [6.45, 7) is 1.06. The van der Waals surface area contributed by atoms with Gasteiger partial charge in [0.05, 0.1) is 17.4 Å². The molecule has 2 rings (SSSR count). The molecular formula is C12H16N2S. The molecule has 0 aliphatic carbocycles. The van der Waals surface area contributed by atoms with Crippen molar-refractivity contribution in [3.05, 3.63) is 30.6 Å². The molecule has 2 nitrogen and oxygen atoms in total. The third-order valence-electron chi connectivity index (χ3n) is 2.58. The molecule has 2 aromatic rings. The first-order chi connectivity index (χ1) is 7.42. The SMILES string of the molecule is SCCCCCn1cnc2ccccc21. The molecule has 1 aromatic carbocycles. The maximum atomic E-state index is 4.37. The van der Waals surface area contributed by atoms with E-state index in [-0.39, 0.29) is 0 Å². The standard InChI is InChI=1S/C12H16N2S/c15-9-5-1-4-8-14-10-13-11-6-2-3-7-12(11)14/h2-3,6-7,10,15H,1,4-5,8-9H2. The van der Waals surface area contributed by atoms with Crippen molar-refractivity contribution in [1.29, 1.82) is 0 Å². The maximum Gasteiger partial charge on any atom is 0.0958 e. The fraction of sp³-hybridized carbons (Fsp3) is 0.417. The topological polar surface area (TPSA) is 17.8 Å². The number of aryl methyl sites for hydroxylation is 1. The second-order valence-electron chi connectivity index (χ2n) is 3.71. The number of hydrogen-bond acceptors (Lipinski definition) is 2. The lowest BCUT2D eigenvalue weighted by atomic mass is 10.2. The average Bonchev–Trinajstić information content (AvgIpc) is 2.68. The lowest BCUT2D eigenvalue weighted by Crippen LogP contribution is -1.95. The normalized spacial score (nSPS) is 11.0. The highest BCUT2D eigenvalue weighted by Gasteiger charge is 1.99. The minimum absolute atomic E-state index is 0.991. The highest BCUT2D eigenvalue weighted by atomic mass is 32.1. The van der Waals surface area contributed by atoms with Crippen LogP contribution in [0.15, 0.2) is 30.6 Å². The van der Waals surface area contributed by atoms with Crippen molar-refractivity contribution in [2.45, 2.75) is 25.8 Å². The molecule has 0 amide bonds.